The van der Waals surface area contributed by atoms with E-state index < -0.39 is 0 Å². The lowest BCUT2D eigenvalue weighted by Gasteiger charge is -2.02. The second-order valence-corrected chi connectivity index (χ2v) is 5.27. The monoisotopic (exact) mass is 299 g/mol. The predicted molar refractivity (Wildman–Crippen MR) is 83.5 cm³/mol. The SMILES string of the molecule is Cc1cc(C)nc(-n2cc(N)c(-c3ccc(Cl)cc3)n2)n1. The molecule has 0 saturated carbocycles. The highest BCUT2D eigenvalue weighted by atomic mass is 35.5. The van der Waals surface area contributed by atoms with Gasteiger partial charge < -0.3 is 5.73 Å². The standard InChI is InChI=1S/C15H14ClN5/c1-9-7-10(2)19-15(18-9)21-8-13(17)14(20-21)11-3-5-12(16)6-4-11/h3-8H,17H2,1-2H3. The van der Waals surface area contributed by atoms with Crippen LogP contribution in [-0.4, -0.2) is 19.7 Å². The third-order valence-corrected chi connectivity index (χ3v) is 3.29. The summed E-state index contributed by atoms with van der Waals surface area (Å²) in [6, 6.07) is 9.29. The number of halogens is 1. The summed E-state index contributed by atoms with van der Waals surface area (Å²) in [4.78, 5) is 8.76. The molecule has 3 rings (SSSR count). The van der Waals surface area contributed by atoms with Gasteiger partial charge in [0.1, 0.15) is 5.69 Å². The van der Waals surface area contributed by atoms with E-state index in [0.29, 0.717) is 22.4 Å². The van der Waals surface area contributed by atoms with Gasteiger partial charge in [0.05, 0.1) is 11.9 Å². The molecule has 0 fully saturated rings. The van der Waals surface area contributed by atoms with Gasteiger partial charge in [0, 0.05) is 22.0 Å². The van der Waals surface area contributed by atoms with E-state index in [1.165, 1.54) is 0 Å². The molecule has 0 amide bonds. The van der Waals surface area contributed by atoms with Gasteiger partial charge in [-0.05, 0) is 32.0 Å². The molecule has 5 nitrogen and oxygen atoms in total. The first kappa shape index (κ1) is 13.6. The van der Waals surface area contributed by atoms with E-state index in [1.807, 2.05) is 44.2 Å². The Hall–Kier alpha value is -2.40. The van der Waals surface area contributed by atoms with Crippen molar-refractivity contribution in [2.45, 2.75) is 13.8 Å². The molecule has 0 bridgehead atoms. The molecule has 0 aliphatic rings. The number of benzene rings is 1. The highest BCUT2D eigenvalue weighted by Gasteiger charge is 2.11. The van der Waals surface area contributed by atoms with Crippen LogP contribution in [0.25, 0.3) is 17.2 Å². The Labute approximate surface area is 127 Å². The van der Waals surface area contributed by atoms with E-state index in [4.69, 9.17) is 17.3 Å². The molecule has 0 unspecified atom stereocenters. The number of nitrogen functional groups attached to an aromatic ring is 1. The van der Waals surface area contributed by atoms with Gasteiger partial charge in [0.25, 0.3) is 5.95 Å². The summed E-state index contributed by atoms with van der Waals surface area (Å²) >= 11 is 5.90. The van der Waals surface area contributed by atoms with Crippen LogP contribution in [0.2, 0.25) is 5.02 Å². The van der Waals surface area contributed by atoms with E-state index in [2.05, 4.69) is 15.1 Å². The number of hydrogen-bond donors (Lipinski definition) is 1. The van der Waals surface area contributed by atoms with E-state index in [1.54, 1.807) is 10.9 Å². The number of aryl methyl sites for hydroxylation is 2. The number of anilines is 1. The van der Waals surface area contributed by atoms with Gasteiger partial charge in [0.2, 0.25) is 0 Å². The normalized spacial score (nSPS) is 10.8. The molecule has 0 radical (unpaired) electrons. The summed E-state index contributed by atoms with van der Waals surface area (Å²) in [6.45, 7) is 3.84. The summed E-state index contributed by atoms with van der Waals surface area (Å²) in [7, 11) is 0. The maximum atomic E-state index is 6.05. The molecule has 106 valence electrons. The van der Waals surface area contributed by atoms with Crippen molar-refractivity contribution in [3.8, 4) is 17.2 Å². The van der Waals surface area contributed by atoms with Gasteiger partial charge in [0.15, 0.2) is 0 Å². The topological polar surface area (TPSA) is 69.6 Å². The fourth-order valence-electron chi connectivity index (χ4n) is 2.13. The molecule has 2 N–H and O–H groups in total. The maximum absolute atomic E-state index is 6.05. The quantitative estimate of drug-likeness (QED) is 0.789. The molecule has 2 aromatic heterocycles. The first-order chi connectivity index (χ1) is 10.0. The van der Waals surface area contributed by atoms with Crippen LogP contribution in [0.5, 0.6) is 0 Å². The number of nitrogens with zero attached hydrogens (tertiary/aromatic N) is 4. The van der Waals surface area contributed by atoms with Gasteiger partial charge in [-0.3, -0.25) is 0 Å². The summed E-state index contributed by atoms with van der Waals surface area (Å²) in [6.07, 6.45) is 1.72. The molecule has 1 aromatic carbocycles. The van der Waals surface area contributed by atoms with Crippen molar-refractivity contribution < 1.29 is 0 Å². The fourth-order valence-corrected chi connectivity index (χ4v) is 2.26. The predicted octanol–water partition coefficient (Wildman–Crippen LogP) is 3.18. The van der Waals surface area contributed by atoms with Crippen molar-refractivity contribution in [1.82, 2.24) is 19.7 Å². The van der Waals surface area contributed by atoms with Crippen LogP contribution in [0, 0.1) is 13.8 Å². The highest BCUT2D eigenvalue weighted by molar-refractivity contribution is 6.30. The summed E-state index contributed by atoms with van der Waals surface area (Å²) in [5, 5.41) is 5.16. The van der Waals surface area contributed by atoms with Crippen molar-refractivity contribution in [2.75, 3.05) is 5.73 Å². The third-order valence-electron chi connectivity index (χ3n) is 3.04. The lowest BCUT2D eigenvalue weighted by molar-refractivity contribution is 0.796. The first-order valence-corrected chi connectivity index (χ1v) is 6.84. The smallest absolute Gasteiger partial charge is 0.251 e. The largest absolute Gasteiger partial charge is 0.396 e. The van der Waals surface area contributed by atoms with Crippen LogP contribution in [0.3, 0.4) is 0 Å². The molecule has 6 heteroatoms. The molecule has 0 saturated heterocycles. The fraction of sp³-hybridized carbons (Fsp3) is 0.133. The first-order valence-electron chi connectivity index (χ1n) is 6.46. The Morgan fingerprint density at radius 3 is 2.29 bits per heavy atom. The Morgan fingerprint density at radius 2 is 1.67 bits per heavy atom. The molecule has 0 aliphatic heterocycles. The van der Waals surface area contributed by atoms with Gasteiger partial charge >= 0.3 is 0 Å². The minimum absolute atomic E-state index is 0.513. The van der Waals surface area contributed by atoms with Crippen LogP contribution in [0.1, 0.15) is 11.4 Å². The van der Waals surface area contributed by atoms with Crippen molar-refractivity contribution in [1.29, 1.82) is 0 Å². The second kappa shape index (κ2) is 5.18. The van der Waals surface area contributed by atoms with Gasteiger partial charge in [-0.25, -0.2) is 14.6 Å². The highest BCUT2D eigenvalue weighted by Crippen LogP contribution is 2.26. The Balaban J connectivity index is 2.07. The molecule has 2 heterocycles. The van der Waals surface area contributed by atoms with E-state index in [0.717, 1.165) is 17.0 Å². The minimum atomic E-state index is 0.513. The van der Waals surface area contributed by atoms with Crippen LogP contribution < -0.4 is 5.73 Å². The second-order valence-electron chi connectivity index (χ2n) is 4.84. The molecular formula is C15H14ClN5. The van der Waals surface area contributed by atoms with E-state index in [-0.39, 0.29) is 0 Å². The third kappa shape index (κ3) is 2.73. The number of nitrogens with two attached hydrogens (primary N) is 1. The summed E-state index contributed by atoms with van der Waals surface area (Å²) < 4.78 is 1.60. The van der Waals surface area contributed by atoms with E-state index >= 15 is 0 Å². The number of rotatable bonds is 2. The van der Waals surface area contributed by atoms with Crippen molar-refractivity contribution in [3.05, 3.63) is 52.9 Å². The van der Waals surface area contributed by atoms with Crippen LogP contribution in [-0.2, 0) is 0 Å². The number of aromatic nitrogens is 4. The lowest BCUT2D eigenvalue weighted by Crippen LogP contribution is -2.04. The van der Waals surface area contributed by atoms with Crippen molar-refractivity contribution >= 4 is 17.3 Å². The summed E-state index contributed by atoms with van der Waals surface area (Å²) in [5.41, 5.74) is 9.99. The minimum Gasteiger partial charge on any atom is -0.396 e. The Bertz CT molecular complexity index is 772. The van der Waals surface area contributed by atoms with Crippen molar-refractivity contribution in [3.63, 3.8) is 0 Å². The van der Waals surface area contributed by atoms with Crippen LogP contribution in [0.15, 0.2) is 36.5 Å². The van der Waals surface area contributed by atoms with Gasteiger partial charge in [-0.15, -0.1) is 0 Å². The molecule has 0 atom stereocenters. The molecule has 21 heavy (non-hydrogen) atoms. The molecule has 0 aliphatic carbocycles. The zero-order valence-corrected chi connectivity index (χ0v) is 12.5. The zero-order chi connectivity index (χ0) is 15.0. The number of hydrogen-bond acceptors (Lipinski definition) is 4. The Morgan fingerprint density at radius 1 is 1.05 bits per heavy atom. The Kier molecular flexibility index (Phi) is 3.35. The average Bonchev–Trinajstić information content (AvgIpc) is 2.81. The van der Waals surface area contributed by atoms with Gasteiger partial charge in [-0.2, -0.15) is 5.10 Å². The van der Waals surface area contributed by atoms with E-state index in [9.17, 15) is 0 Å². The summed E-state index contributed by atoms with van der Waals surface area (Å²) in [5.74, 6) is 0.513. The van der Waals surface area contributed by atoms with Crippen LogP contribution in [0.4, 0.5) is 5.69 Å². The molecule has 0 spiro atoms. The van der Waals surface area contributed by atoms with Gasteiger partial charge in [-0.1, -0.05) is 23.7 Å². The lowest BCUT2D eigenvalue weighted by atomic mass is 10.1. The maximum Gasteiger partial charge on any atom is 0.251 e. The van der Waals surface area contributed by atoms with Crippen LogP contribution >= 0.6 is 11.6 Å². The molecular weight excluding hydrogens is 286 g/mol. The molecule has 3 aromatic rings. The zero-order valence-electron chi connectivity index (χ0n) is 11.7. The van der Waals surface area contributed by atoms with Crippen molar-refractivity contribution in [2.24, 2.45) is 0 Å². The average molecular weight is 300 g/mol.